The van der Waals surface area contributed by atoms with Crippen LogP contribution in [0.15, 0.2) is 54.6 Å². The van der Waals surface area contributed by atoms with Gasteiger partial charge in [0.2, 0.25) is 0 Å². The first-order valence-corrected chi connectivity index (χ1v) is 10.4. The van der Waals surface area contributed by atoms with E-state index in [4.69, 9.17) is 10.00 Å². The maximum Gasteiger partial charge on any atom is 0.338 e. The first-order chi connectivity index (χ1) is 15.5. The quantitative estimate of drug-likeness (QED) is 0.549. The number of hydrogen-bond acceptors (Lipinski definition) is 5. The summed E-state index contributed by atoms with van der Waals surface area (Å²) in [7, 11) is 0. The monoisotopic (exact) mass is 430 g/mol. The van der Waals surface area contributed by atoms with Crippen LogP contribution < -0.4 is 5.32 Å². The normalized spacial score (nSPS) is 13.4. The summed E-state index contributed by atoms with van der Waals surface area (Å²) in [6.45, 7) is 2.77. The number of halogens is 1. The number of nitriles is 1. The molecule has 4 rings (SSSR count). The number of aliphatic hydroxyl groups is 1. The predicted octanol–water partition coefficient (Wildman–Crippen LogP) is 4.21. The average molecular weight is 430 g/mol. The number of benzene rings is 3. The maximum absolute atomic E-state index is 14.0. The Kier molecular flexibility index (Phi) is 6.31. The fourth-order valence-corrected chi connectivity index (χ4v) is 4.10. The molecule has 0 saturated carbocycles. The Morgan fingerprint density at radius 3 is 2.75 bits per heavy atom. The molecule has 0 radical (unpaired) electrons. The number of ether oxygens (including phenoxy) is 1. The highest BCUT2D eigenvalue weighted by atomic mass is 19.1. The Morgan fingerprint density at radius 1 is 1.19 bits per heavy atom. The molecule has 0 spiro atoms. The van der Waals surface area contributed by atoms with Gasteiger partial charge < -0.3 is 15.2 Å². The van der Waals surface area contributed by atoms with Gasteiger partial charge in [0.15, 0.2) is 0 Å². The second-order valence-corrected chi connectivity index (χ2v) is 7.83. The number of carbonyl (C=O) groups is 1. The molecule has 0 fully saturated rings. The molecule has 0 aromatic heterocycles. The number of rotatable bonds is 7. The van der Waals surface area contributed by atoms with Crippen LogP contribution in [-0.4, -0.2) is 24.2 Å². The SMILES string of the molecule is Cc1c(C(CO)NCCc2cccc(-c3ccc(C#N)c(F)c3)c2)ccc2c1COC2=O. The van der Waals surface area contributed by atoms with Crippen LogP contribution in [0.3, 0.4) is 0 Å². The van der Waals surface area contributed by atoms with Gasteiger partial charge in [0.05, 0.1) is 23.8 Å². The minimum Gasteiger partial charge on any atom is -0.457 e. The fourth-order valence-electron chi connectivity index (χ4n) is 4.10. The van der Waals surface area contributed by atoms with Gasteiger partial charge in [0.25, 0.3) is 0 Å². The van der Waals surface area contributed by atoms with E-state index in [2.05, 4.69) is 5.32 Å². The molecule has 162 valence electrons. The Bertz CT molecular complexity index is 1220. The molecule has 3 aromatic carbocycles. The standard InChI is InChI=1S/C26H23FN2O3/c1-16-21(7-8-22-23(16)15-32-26(22)31)25(14-30)29-10-9-17-3-2-4-18(11-17)19-5-6-20(13-28)24(27)12-19/h2-8,11-12,25,29-30H,9-10,14-15H2,1H3. The van der Waals surface area contributed by atoms with Gasteiger partial charge >= 0.3 is 5.97 Å². The number of hydrogen-bond donors (Lipinski definition) is 2. The topological polar surface area (TPSA) is 82.3 Å². The van der Waals surface area contributed by atoms with Crippen molar-refractivity contribution in [2.45, 2.75) is 26.0 Å². The summed E-state index contributed by atoms with van der Waals surface area (Å²) in [4.78, 5) is 11.8. The van der Waals surface area contributed by atoms with Gasteiger partial charge in [-0.3, -0.25) is 0 Å². The number of fused-ring (bicyclic) bond motifs is 1. The molecule has 1 aliphatic heterocycles. The average Bonchev–Trinajstić information content (AvgIpc) is 3.19. The zero-order valence-corrected chi connectivity index (χ0v) is 17.7. The highest BCUT2D eigenvalue weighted by Gasteiger charge is 2.25. The molecule has 1 heterocycles. The van der Waals surface area contributed by atoms with Gasteiger partial charge in [-0.2, -0.15) is 5.26 Å². The van der Waals surface area contributed by atoms with Gasteiger partial charge in [0, 0.05) is 5.56 Å². The van der Waals surface area contributed by atoms with Crippen LogP contribution in [0.4, 0.5) is 4.39 Å². The maximum atomic E-state index is 14.0. The second-order valence-electron chi connectivity index (χ2n) is 7.83. The van der Waals surface area contributed by atoms with Gasteiger partial charge in [-0.05, 0) is 65.9 Å². The van der Waals surface area contributed by atoms with E-state index in [9.17, 15) is 14.3 Å². The summed E-state index contributed by atoms with van der Waals surface area (Å²) in [6.07, 6.45) is 0.717. The first-order valence-electron chi connectivity index (χ1n) is 10.4. The molecule has 2 N–H and O–H groups in total. The van der Waals surface area contributed by atoms with E-state index < -0.39 is 5.82 Å². The molecule has 32 heavy (non-hydrogen) atoms. The molecule has 0 aliphatic carbocycles. The van der Waals surface area contributed by atoms with Crippen molar-refractivity contribution in [3.05, 3.63) is 93.8 Å². The predicted molar refractivity (Wildman–Crippen MR) is 118 cm³/mol. The van der Waals surface area contributed by atoms with Gasteiger partial charge in [0.1, 0.15) is 18.5 Å². The van der Waals surface area contributed by atoms with E-state index in [-0.39, 0.29) is 30.8 Å². The third kappa shape index (κ3) is 4.26. The summed E-state index contributed by atoms with van der Waals surface area (Å²) >= 11 is 0. The van der Waals surface area contributed by atoms with Crippen molar-refractivity contribution >= 4 is 5.97 Å². The lowest BCUT2D eigenvalue weighted by Crippen LogP contribution is -2.27. The van der Waals surface area contributed by atoms with Gasteiger partial charge in [-0.1, -0.05) is 36.4 Å². The van der Waals surface area contributed by atoms with Gasteiger partial charge in [-0.15, -0.1) is 0 Å². The largest absolute Gasteiger partial charge is 0.457 e. The molecule has 1 aliphatic rings. The molecule has 5 nitrogen and oxygen atoms in total. The summed E-state index contributed by atoms with van der Waals surface area (Å²) in [5.74, 6) is -0.829. The van der Waals surface area contributed by atoms with E-state index in [1.165, 1.54) is 12.1 Å². The molecule has 0 bridgehead atoms. The Morgan fingerprint density at radius 2 is 2.00 bits per heavy atom. The van der Waals surface area contributed by atoms with Crippen molar-refractivity contribution < 1.29 is 19.0 Å². The zero-order valence-electron chi connectivity index (χ0n) is 17.7. The molecule has 0 amide bonds. The highest BCUT2D eigenvalue weighted by molar-refractivity contribution is 5.94. The lowest BCUT2D eigenvalue weighted by atomic mass is 9.94. The van der Waals surface area contributed by atoms with E-state index in [1.54, 1.807) is 12.1 Å². The number of cyclic esters (lactones) is 1. The van der Waals surface area contributed by atoms with Crippen LogP contribution in [0.5, 0.6) is 0 Å². The lowest BCUT2D eigenvalue weighted by Gasteiger charge is -2.20. The number of esters is 1. The molecule has 1 atom stereocenters. The van der Waals surface area contributed by atoms with Crippen LogP contribution in [0, 0.1) is 24.1 Å². The summed E-state index contributed by atoms with van der Waals surface area (Å²) in [6, 6.07) is 17.7. The lowest BCUT2D eigenvalue weighted by molar-refractivity contribution is 0.0535. The summed E-state index contributed by atoms with van der Waals surface area (Å²) in [5, 5.41) is 22.2. The first kappa shape index (κ1) is 21.7. The number of nitrogens with zero attached hydrogens (tertiary/aromatic N) is 1. The number of aliphatic hydroxyl groups excluding tert-OH is 1. The smallest absolute Gasteiger partial charge is 0.338 e. The van der Waals surface area contributed by atoms with Crippen molar-refractivity contribution in [3.8, 4) is 17.2 Å². The van der Waals surface area contributed by atoms with Crippen LogP contribution in [0.1, 0.15) is 44.2 Å². The molecule has 6 heteroatoms. The Hall–Kier alpha value is -3.53. The van der Waals surface area contributed by atoms with Crippen LogP contribution in [0.2, 0.25) is 0 Å². The minimum absolute atomic E-state index is 0.0296. The van der Waals surface area contributed by atoms with Gasteiger partial charge in [-0.25, -0.2) is 9.18 Å². The van der Waals surface area contributed by atoms with E-state index in [1.807, 2.05) is 43.3 Å². The van der Waals surface area contributed by atoms with Crippen LogP contribution in [-0.2, 0) is 17.8 Å². The zero-order chi connectivity index (χ0) is 22.7. The van der Waals surface area contributed by atoms with E-state index in [0.29, 0.717) is 18.5 Å². The second kappa shape index (κ2) is 9.31. The highest BCUT2D eigenvalue weighted by Crippen LogP contribution is 2.29. The van der Waals surface area contributed by atoms with Crippen LogP contribution in [0.25, 0.3) is 11.1 Å². The Labute approximate surface area is 186 Å². The summed E-state index contributed by atoms with van der Waals surface area (Å²) in [5.41, 5.74) is 6.09. The van der Waals surface area contributed by atoms with Crippen molar-refractivity contribution in [2.75, 3.05) is 13.2 Å². The Balaban J connectivity index is 1.44. The number of nitrogens with one attached hydrogen (secondary N) is 1. The number of carbonyl (C=O) groups excluding carboxylic acids is 1. The fraction of sp³-hybridized carbons (Fsp3) is 0.231. The van der Waals surface area contributed by atoms with Crippen molar-refractivity contribution in [2.24, 2.45) is 0 Å². The minimum atomic E-state index is -0.528. The molecular formula is C26H23FN2O3. The van der Waals surface area contributed by atoms with E-state index >= 15 is 0 Å². The third-order valence-electron chi connectivity index (χ3n) is 5.92. The molecule has 0 saturated heterocycles. The molecular weight excluding hydrogens is 407 g/mol. The van der Waals surface area contributed by atoms with Crippen molar-refractivity contribution in [3.63, 3.8) is 0 Å². The van der Waals surface area contributed by atoms with Crippen LogP contribution >= 0.6 is 0 Å². The van der Waals surface area contributed by atoms with E-state index in [0.717, 1.165) is 33.4 Å². The third-order valence-corrected chi connectivity index (χ3v) is 5.92. The summed E-state index contributed by atoms with van der Waals surface area (Å²) < 4.78 is 19.1. The van der Waals surface area contributed by atoms with Crippen molar-refractivity contribution in [1.29, 1.82) is 5.26 Å². The molecule has 1 unspecified atom stereocenters. The molecule has 3 aromatic rings. The van der Waals surface area contributed by atoms with Crippen molar-refractivity contribution in [1.82, 2.24) is 5.32 Å².